The first kappa shape index (κ1) is 31.4. The van der Waals surface area contributed by atoms with Crippen LogP contribution in [-0.4, -0.2) is 178 Å². The smallest absolute Gasteiger partial charge is 0.224 e. The summed E-state index contributed by atoms with van der Waals surface area (Å²) in [6, 6.07) is -2.09. The highest BCUT2D eigenvalue weighted by Crippen LogP contribution is 2.45. The van der Waals surface area contributed by atoms with Crippen LogP contribution in [0.5, 0.6) is 0 Å². The Hall–Kier alpha value is -1.17. The van der Waals surface area contributed by atoms with Gasteiger partial charge in [0.05, 0.1) is 19.8 Å². The second kappa shape index (κ2) is 11.7. The standard InChI is InChI=1S/C20H35NO17/c1-5(25)21-15-10(28)8(26)6(2-22)37-20(15,34)19(4-24)16(32)11(29)13(31)18(38-19)36-14-7(3-23)35-17(33)12(30)9(14)27/h6-18,22-24,26-34H,2-4H2,1H3,(H,21,25)/t6?,7-,8?,9-,10?,11-,12-,13-,14-,15?,16-,17-,18+,19-,20?/m1/s1. The number of aliphatic hydroxyl groups is 12. The van der Waals surface area contributed by atoms with Crippen LogP contribution in [0.4, 0.5) is 0 Å². The van der Waals surface area contributed by atoms with Gasteiger partial charge in [-0.05, 0) is 0 Å². The molecule has 0 radical (unpaired) electrons. The molecule has 0 aromatic carbocycles. The molecular weight excluding hydrogens is 526 g/mol. The molecular formula is C20H35NO17. The summed E-state index contributed by atoms with van der Waals surface area (Å²) in [6.07, 6.45) is -24.2. The van der Waals surface area contributed by atoms with Crippen LogP contribution in [-0.2, 0) is 23.7 Å². The molecule has 3 aliphatic heterocycles. The van der Waals surface area contributed by atoms with Crippen molar-refractivity contribution in [1.82, 2.24) is 5.32 Å². The Morgan fingerprint density at radius 1 is 0.816 bits per heavy atom. The van der Waals surface area contributed by atoms with Crippen molar-refractivity contribution in [1.29, 1.82) is 0 Å². The van der Waals surface area contributed by atoms with Gasteiger partial charge >= 0.3 is 0 Å². The summed E-state index contributed by atoms with van der Waals surface area (Å²) < 4.78 is 21.2. The van der Waals surface area contributed by atoms with Crippen LogP contribution in [0.15, 0.2) is 0 Å². The van der Waals surface area contributed by atoms with Crippen LogP contribution in [0.2, 0.25) is 0 Å². The van der Waals surface area contributed by atoms with Gasteiger partial charge < -0.3 is 85.5 Å². The third-order valence-electron chi connectivity index (χ3n) is 7.09. The molecule has 3 saturated heterocycles. The Morgan fingerprint density at radius 2 is 1.42 bits per heavy atom. The maximum Gasteiger partial charge on any atom is 0.224 e. The fourth-order valence-corrected chi connectivity index (χ4v) is 4.94. The molecule has 3 aliphatic rings. The zero-order chi connectivity index (χ0) is 28.7. The summed E-state index contributed by atoms with van der Waals surface area (Å²) in [5, 5.41) is 126. The van der Waals surface area contributed by atoms with E-state index in [0.29, 0.717) is 0 Å². The van der Waals surface area contributed by atoms with E-state index in [1.54, 1.807) is 0 Å². The maximum absolute atomic E-state index is 11.9. The van der Waals surface area contributed by atoms with Crippen molar-refractivity contribution >= 4 is 5.91 Å². The molecule has 18 heteroatoms. The lowest BCUT2D eigenvalue weighted by molar-refractivity contribution is -0.452. The van der Waals surface area contributed by atoms with Gasteiger partial charge in [0.2, 0.25) is 11.7 Å². The molecule has 0 spiro atoms. The molecule has 38 heavy (non-hydrogen) atoms. The summed E-state index contributed by atoms with van der Waals surface area (Å²) in [7, 11) is 0. The second-order valence-corrected chi connectivity index (χ2v) is 9.48. The first-order valence-electron chi connectivity index (χ1n) is 11.6. The van der Waals surface area contributed by atoms with Gasteiger partial charge in [-0.3, -0.25) is 4.79 Å². The number of aliphatic hydroxyl groups excluding tert-OH is 11. The Kier molecular flexibility index (Phi) is 9.69. The number of nitrogens with one attached hydrogen (secondary N) is 1. The highest BCUT2D eigenvalue weighted by atomic mass is 16.8. The SMILES string of the molecule is CC(=O)NC1C(O)C(O)C(CO)OC1(O)[C@]1(CO)O[C@H](O[C@H]2[C@H](O)[C@@H](O)[C@H](O)O[C@@H]2CO)[C@H](O)[C@@H](O)[C@H]1O. The first-order chi connectivity index (χ1) is 17.7. The van der Waals surface area contributed by atoms with Gasteiger partial charge in [0.25, 0.3) is 0 Å². The average Bonchev–Trinajstić information content (AvgIpc) is 2.88. The monoisotopic (exact) mass is 561 g/mol. The predicted molar refractivity (Wildman–Crippen MR) is 114 cm³/mol. The van der Waals surface area contributed by atoms with E-state index in [1.165, 1.54) is 0 Å². The Morgan fingerprint density at radius 3 is 1.95 bits per heavy atom. The van der Waals surface area contributed by atoms with Crippen molar-refractivity contribution in [3.63, 3.8) is 0 Å². The minimum atomic E-state index is -3.25. The highest BCUT2D eigenvalue weighted by molar-refractivity contribution is 5.73. The van der Waals surface area contributed by atoms with E-state index >= 15 is 0 Å². The quantitative estimate of drug-likeness (QED) is 0.137. The second-order valence-electron chi connectivity index (χ2n) is 9.48. The zero-order valence-electron chi connectivity index (χ0n) is 20.0. The minimum absolute atomic E-state index is 0.898. The van der Waals surface area contributed by atoms with Crippen molar-refractivity contribution < 1.29 is 85.0 Å². The topological polar surface area (TPSA) is 309 Å². The molecule has 3 rings (SSSR count). The van der Waals surface area contributed by atoms with E-state index in [1.807, 2.05) is 0 Å². The third-order valence-corrected chi connectivity index (χ3v) is 7.09. The fraction of sp³-hybridized carbons (Fsp3) is 0.950. The zero-order valence-corrected chi connectivity index (χ0v) is 20.0. The number of amides is 1. The lowest BCUT2D eigenvalue weighted by Crippen LogP contribution is -2.84. The van der Waals surface area contributed by atoms with Crippen molar-refractivity contribution in [2.75, 3.05) is 19.8 Å². The molecule has 0 aromatic heterocycles. The molecule has 0 aliphatic carbocycles. The van der Waals surface area contributed by atoms with Gasteiger partial charge in [-0.2, -0.15) is 0 Å². The lowest BCUT2D eigenvalue weighted by Gasteiger charge is -2.59. The van der Waals surface area contributed by atoms with Gasteiger partial charge in [-0.1, -0.05) is 0 Å². The minimum Gasteiger partial charge on any atom is -0.394 e. The van der Waals surface area contributed by atoms with E-state index < -0.39 is 117 Å². The molecule has 3 heterocycles. The van der Waals surface area contributed by atoms with E-state index in [9.17, 15) is 66.1 Å². The van der Waals surface area contributed by atoms with E-state index in [4.69, 9.17) is 18.9 Å². The molecule has 15 atom stereocenters. The maximum atomic E-state index is 11.9. The number of hydrogen-bond acceptors (Lipinski definition) is 17. The van der Waals surface area contributed by atoms with Crippen LogP contribution in [0.1, 0.15) is 6.92 Å². The van der Waals surface area contributed by atoms with Crippen LogP contribution in [0.25, 0.3) is 0 Å². The molecule has 18 nitrogen and oxygen atoms in total. The van der Waals surface area contributed by atoms with Gasteiger partial charge in [-0.15, -0.1) is 0 Å². The molecule has 5 unspecified atom stereocenters. The van der Waals surface area contributed by atoms with Crippen LogP contribution < -0.4 is 5.32 Å². The van der Waals surface area contributed by atoms with Gasteiger partial charge in [0, 0.05) is 6.92 Å². The van der Waals surface area contributed by atoms with Gasteiger partial charge in [0.15, 0.2) is 18.2 Å². The summed E-state index contributed by atoms with van der Waals surface area (Å²) in [5.74, 6) is -4.16. The van der Waals surface area contributed by atoms with E-state index in [0.717, 1.165) is 6.92 Å². The summed E-state index contributed by atoms with van der Waals surface area (Å²) in [4.78, 5) is 11.9. The van der Waals surface area contributed by atoms with E-state index in [-0.39, 0.29) is 0 Å². The molecule has 3 fully saturated rings. The third kappa shape index (κ3) is 5.05. The molecule has 0 aromatic rings. The van der Waals surface area contributed by atoms with Crippen molar-refractivity contribution in [2.24, 2.45) is 0 Å². The van der Waals surface area contributed by atoms with Crippen molar-refractivity contribution in [3.8, 4) is 0 Å². The highest BCUT2D eigenvalue weighted by Gasteiger charge is 2.72. The normalized spacial score (nSPS) is 52.0. The van der Waals surface area contributed by atoms with Crippen molar-refractivity contribution in [3.05, 3.63) is 0 Å². The average molecular weight is 561 g/mol. The number of carbonyl (C=O) groups is 1. The Bertz CT molecular complexity index is 820. The Labute approximate surface area is 214 Å². The van der Waals surface area contributed by atoms with E-state index in [2.05, 4.69) is 5.32 Å². The van der Waals surface area contributed by atoms with Crippen molar-refractivity contribution in [2.45, 2.75) is 98.0 Å². The molecule has 13 N–H and O–H groups in total. The largest absolute Gasteiger partial charge is 0.394 e. The summed E-state index contributed by atoms with van der Waals surface area (Å²) in [5.41, 5.74) is -3.01. The molecule has 0 bridgehead atoms. The summed E-state index contributed by atoms with van der Waals surface area (Å²) in [6.45, 7) is -2.45. The fourth-order valence-electron chi connectivity index (χ4n) is 4.94. The first-order valence-corrected chi connectivity index (χ1v) is 11.6. The Balaban J connectivity index is 2.06. The summed E-state index contributed by atoms with van der Waals surface area (Å²) >= 11 is 0. The van der Waals surface area contributed by atoms with Gasteiger partial charge in [0.1, 0.15) is 67.1 Å². The molecule has 1 amide bonds. The number of rotatable bonds is 7. The van der Waals surface area contributed by atoms with Crippen LogP contribution in [0.3, 0.4) is 0 Å². The van der Waals surface area contributed by atoms with Crippen LogP contribution >= 0.6 is 0 Å². The lowest BCUT2D eigenvalue weighted by atomic mass is 9.73. The van der Waals surface area contributed by atoms with Gasteiger partial charge in [-0.25, -0.2) is 0 Å². The van der Waals surface area contributed by atoms with Crippen LogP contribution in [0, 0.1) is 0 Å². The molecule has 222 valence electrons. The number of ether oxygens (including phenoxy) is 4. The molecule has 0 saturated carbocycles. The predicted octanol–water partition coefficient (Wildman–Crippen LogP) is -8.72. The number of carbonyl (C=O) groups excluding carboxylic acids is 1. The number of hydrogen-bond donors (Lipinski definition) is 13.